The highest BCUT2D eigenvalue weighted by atomic mass is 15.3. The second kappa shape index (κ2) is 10.3. The van der Waals surface area contributed by atoms with Gasteiger partial charge in [0.05, 0.1) is 6.54 Å². The Morgan fingerprint density at radius 2 is 1.82 bits per heavy atom. The summed E-state index contributed by atoms with van der Waals surface area (Å²) in [5.41, 5.74) is 3.73. The first-order valence-electron chi connectivity index (χ1n) is 9.73. The zero-order valence-electron chi connectivity index (χ0n) is 16.6. The molecule has 0 bridgehead atoms. The van der Waals surface area contributed by atoms with Crippen LogP contribution in [0.5, 0.6) is 0 Å². The summed E-state index contributed by atoms with van der Waals surface area (Å²) in [5, 5.41) is 15.0. The average Bonchev–Trinajstić information content (AvgIpc) is 3.19. The van der Waals surface area contributed by atoms with Crippen molar-refractivity contribution in [2.24, 2.45) is 4.99 Å². The zero-order chi connectivity index (χ0) is 19.6. The largest absolute Gasteiger partial charge is 0.355 e. The summed E-state index contributed by atoms with van der Waals surface area (Å²) in [6, 6.07) is 18.7. The van der Waals surface area contributed by atoms with Gasteiger partial charge in [-0.05, 0) is 23.6 Å². The quantitative estimate of drug-likeness (QED) is 0.468. The lowest BCUT2D eigenvalue weighted by molar-refractivity contribution is 0.631. The maximum Gasteiger partial charge on any atom is 0.191 e. The lowest BCUT2D eigenvalue weighted by Crippen LogP contribution is -2.38. The molecule has 0 aliphatic rings. The molecule has 0 radical (unpaired) electrons. The van der Waals surface area contributed by atoms with Crippen LogP contribution in [0.3, 0.4) is 0 Å². The fourth-order valence-corrected chi connectivity index (χ4v) is 2.95. The number of benzene rings is 2. The highest BCUT2D eigenvalue weighted by molar-refractivity contribution is 5.79. The van der Waals surface area contributed by atoms with E-state index in [1.54, 1.807) is 6.33 Å². The smallest absolute Gasteiger partial charge is 0.191 e. The lowest BCUT2D eigenvalue weighted by Gasteiger charge is -2.14. The molecule has 2 N–H and O–H groups in total. The van der Waals surface area contributed by atoms with Gasteiger partial charge in [-0.1, -0.05) is 61.5 Å². The van der Waals surface area contributed by atoms with Crippen LogP contribution < -0.4 is 10.6 Å². The number of rotatable bonds is 8. The van der Waals surface area contributed by atoms with Gasteiger partial charge in [-0.3, -0.25) is 0 Å². The molecule has 1 aromatic heterocycles. The zero-order valence-corrected chi connectivity index (χ0v) is 16.6. The standard InChI is InChI=1S/C22H28N6/c1-3-21-27-26-17-28(21)14-13-23-22(24-15-19-10-5-4-6-11-19)25-16-20-12-8-7-9-18(20)2/h4-12,17H,3,13-16H2,1-2H3,(H2,23,24,25). The Morgan fingerprint density at radius 1 is 1.04 bits per heavy atom. The third kappa shape index (κ3) is 5.67. The van der Waals surface area contributed by atoms with Crippen molar-refractivity contribution < 1.29 is 0 Å². The third-order valence-corrected chi connectivity index (χ3v) is 4.63. The number of hydrogen-bond donors (Lipinski definition) is 2. The summed E-state index contributed by atoms with van der Waals surface area (Å²) in [7, 11) is 0. The number of guanidine groups is 1. The van der Waals surface area contributed by atoms with E-state index in [1.807, 2.05) is 18.2 Å². The Labute approximate surface area is 166 Å². The normalized spacial score (nSPS) is 11.4. The second-order valence-corrected chi connectivity index (χ2v) is 6.65. The van der Waals surface area contributed by atoms with Gasteiger partial charge < -0.3 is 15.2 Å². The van der Waals surface area contributed by atoms with Crippen LogP contribution in [-0.4, -0.2) is 27.3 Å². The molecule has 0 unspecified atom stereocenters. The van der Waals surface area contributed by atoms with Crippen molar-refractivity contribution in [3.05, 3.63) is 83.4 Å². The van der Waals surface area contributed by atoms with Crippen molar-refractivity contribution in [1.82, 2.24) is 25.4 Å². The van der Waals surface area contributed by atoms with Gasteiger partial charge in [0, 0.05) is 26.1 Å². The molecule has 0 aliphatic carbocycles. The molecule has 3 aromatic rings. The molecule has 0 fully saturated rings. The topological polar surface area (TPSA) is 67.1 Å². The molecule has 6 nitrogen and oxygen atoms in total. The predicted octanol–water partition coefficient (Wildman–Crippen LogP) is 3.08. The molecule has 1 heterocycles. The Bertz CT molecular complexity index is 885. The van der Waals surface area contributed by atoms with Crippen molar-refractivity contribution in [2.75, 3.05) is 6.54 Å². The van der Waals surface area contributed by atoms with Crippen molar-refractivity contribution in [3.63, 3.8) is 0 Å². The summed E-state index contributed by atoms with van der Waals surface area (Å²) >= 11 is 0. The van der Waals surface area contributed by atoms with E-state index in [9.17, 15) is 0 Å². The van der Waals surface area contributed by atoms with Crippen LogP contribution in [0.25, 0.3) is 0 Å². The van der Waals surface area contributed by atoms with Gasteiger partial charge in [-0.25, -0.2) is 4.99 Å². The number of nitrogens with one attached hydrogen (secondary N) is 2. The highest BCUT2D eigenvalue weighted by Gasteiger charge is 2.04. The summed E-state index contributed by atoms with van der Waals surface area (Å²) in [6.45, 7) is 7.14. The molecule has 0 amide bonds. The number of hydrogen-bond acceptors (Lipinski definition) is 3. The second-order valence-electron chi connectivity index (χ2n) is 6.65. The van der Waals surface area contributed by atoms with Crippen LogP contribution in [0.2, 0.25) is 0 Å². The Morgan fingerprint density at radius 3 is 2.61 bits per heavy atom. The summed E-state index contributed by atoms with van der Waals surface area (Å²) in [4.78, 5) is 4.75. The van der Waals surface area contributed by atoms with E-state index in [-0.39, 0.29) is 0 Å². The molecule has 146 valence electrons. The van der Waals surface area contributed by atoms with Gasteiger partial charge in [0.15, 0.2) is 5.96 Å². The lowest BCUT2D eigenvalue weighted by atomic mass is 10.1. The predicted molar refractivity (Wildman–Crippen MR) is 113 cm³/mol. The SMILES string of the molecule is CCc1nncn1CCNC(=NCc1ccccc1)NCc1ccccc1C. The maximum atomic E-state index is 4.75. The van der Waals surface area contributed by atoms with Crippen LogP contribution in [0, 0.1) is 6.92 Å². The van der Waals surface area contributed by atoms with Crippen LogP contribution in [0.4, 0.5) is 0 Å². The molecule has 0 spiro atoms. The van der Waals surface area contributed by atoms with E-state index in [0.717, 1.165) is 37.8 Å². The van der Waals surface area contributed by atoms with Crippen LogP contribution >= 0.6 is 0 Å². The van der Waals surface area contributed by atoms with Gasteiger partial charge in [-0.2, -0.15) is 0 Å². The van der Waals surface area contributed by atoms with Crippen molar-refractivity contribution >= 4 is 5.96 Å². The summed E-state index contributed by atoms with van der Waals surface area (Å²) < 4.78 is 2.07. The van der Waals surface area contributed by atoms with Crippen LogP contribution in [-0.2, 0) is 26.1 Å². The van der Waals surface area contributed by atoms with Gasteiger partial charge in [0.25, 0.3) is 0 Å². The minimum atomic E-state index is 0.636. The van der Waals surface area contributed by atoms with E-state index >= 15 is 0 Å². The Balaban J connectivity index is 1.62. The first-order valence-corrected chi connectivity index (χ1v) is 9.73. The Hall–Kier alpha value is -3.15. The van der Waals surface area contributed by atoms with Crippen molar-refractivity contribution in [1.29, 1.82) is 0 Å². The first-order chi connectivity index (χ1) is 13.8. The molecular weight excluding hydrogens is 348 g/mol. The van der Waals surface area contributed by atoms with Gasteiger partial charge in [-0.15, -0.1) is 10.2 Å². The molecule has 0 aliphatic heterocycles. The fraction of sp³-hybridized carbons (Fsp3) is 0.318. The number of aliphatic imine (C=N–C) groups is 1. The van der Waals surface area contributed by atoms with E-state index in [0.29, 0.717) is 6.54 Å². The average molecular weight is 377 g/mol. The maximum absolute atomic E-state index is 4.75. The number of aromatic nitrogens is 3. The molecule has 28 heavy (non-hydrogen) atoms. The molecule has 2 aromatic carbocycles. The first kappa shape index (κ1) is 19.6. The van der Waals surface area contributed by atoms with E-state index < -0.39 is 0 Å². The monoisotopic (exact) mass is 376 g/mol. The van der Waals surface area contributed by atoms with E-state index in [2.05, 4.69) is 75.6 Å². The molecule has 3 rings (SSSR count). The van der Waals surface area contributed by atoms with Crippen LogP contribution in [0.15, 0.2) is 65.9 Å². The van der Waals surface area contributed by atoms with Crippen molar-refractivity contribution in [2.45, 2.75) is 39.9 Å². The van der Waals surface area contributed by atoms with E-state index in [1.165, 1.54) is 16.7 Å². The van der Waals surface area contributed by atoms with Crippen LogP contribution in [0.1, 0.15) is 29.4 Å². The van der Waals surface area contributed by atoms with Gasteiger partial charge in [0.2, 0.25) is 0 Å². The fourth-order valence-electron chi connectivity index (χ4n) is 2.95. The molecule has 0 atom stereocenters. The molecule has 6 heteroatoms. The summed E-state index contributed by atoms with van der Waals surface area (Å²) in [5.74, 6) is 1.80. The molecule has 0 saturated heterocycles. The van der Waals surface area contributed by atoms with E-state index in [4.69, 9.17) is 4.99 Å². The van der Waals surface area contributed by atoms with Gasteiger partial charge >= 0.3 is 0 Å². The highest BCUT2D eigenvalue weighted by Crippen LogP contribution is 2.06. The van der Waals surface area contributed by atoms with Crippen molar-refractivity contribution in [3.8, 4) is 0 Å². The minimum Gasteiger partial charge on any atom is -0.355 e. The van der Waals surface area contributed by atoms with Gasteiger partial charge in [0.1, 0.15) is 12.2 Å². The molecular formula is C22H28N6. The number of nitrogens with zero attached hydrogens (tertiary/aromatic N) is 4. The number of aryl methyl sites for hydroxylation is 2. The Kier molecular flexibility index (Phi) is 7.18. The minimum absolute atomic E-state index is 0.636. The third-order valence-electron chi connectivity index (χ3n) is 4.63. The summed E-state index contributed by atoms with van der Waals surface area (Å²) in [6.07, 6.45) is 2.66. The molecule has 0 saturated carbocycles.